The molecule has 1 aromatic heterocycles. The summed E-state index contributed by atoms with van der Waals surface area (Å²) in [6.07, 6.45) is 1.63. The fraction of sp³-hybridized carbons (Fsp3) is 0.344. The van der Waals surface area contributed by atoms with Crippen molar-refractivity contribution in [3.8, 4) is 11.8 Å². The molecule has 3 heterocycles. The maximum Gasteiger partial charge on any atom is 0.415 e. The number of hydrogen-bond donors (Lipinski definition) is 0. The van der Waals surface area contributed by atoms with E-state index in [9.17, 15) is 23.2 Å². The molecule has 0 spiro atoms. The maximum atomic E-state index is 14.5. The maximum absolute atomic E-state index is 14.5. The van der Waals surface area contributed by atoms with Gasteiger partial charge in [-0.15, -0.1) is 0 Å². The monoisotopic (exact) mass is 621 g/mol. The van der Waals surface area contributed by atoms with Gasteiger partial charge in [0.15, 0.2) is 0 Å². The predicted molar refractivity (Wildman–Crippen MR) is 157 cm³/mol. The van der Waals surface area contributed by atoms with Crippen LogP contribution in [0.3, 0.4) is 0 Å². The average molecular weight is 622 g/mol. The zero-order valence-corrected chi connectivity index (χ0v) is 24.7. The summed E-state index contributed by atoms with van der Waals surface area (Å²) in [4.78, 5) is 48.9. The van der Waals surface area contributed by atoms with Crippen LogP contribution in [0.4, 0.5) is 13.6 Å². The number of nitriles is 1. The summed E-state index contributed by atoms with van der Waals surface area (Å²) in [7, 11) is 0. The van der Waals surface area contributed by atoms with E-state index in [-0.39, 0.29) is 53.8 Å². The third kappa shape index (κ3) is 6.65. The molecule has 0 aliphatic carbocycles. The Morgan fingerprint density at radius 3 is 2.39 bits per heavy atom. The van der Waals surface area contributed by atoms with E-state index in [1.54, 1.807) is 28.9 Å². The summed E-state index contributed by atoms with van der Waals surface area (Å²) in [5, 5.41) is 8.91. The van der Waals surface area contributed by atoms with Gasteiger partial charge in [-0.3, -0.25) is 9.59 Å². The fourth-order valence-corrected chi connectivity index (χ4v) is 5.99. The van der Waals surface area contributed by atoms with Crippen molar-refractivity contribution in [1.29, 1.82) is 5.26 Å². The second kappa shape index (κ2) is 13.4. The topological polar surface area (TPSA) is 107 Å². The predicted octanol–water partition coefficient (Wildman–Crippen LogP) is 5.25. The van der Waals surface area contributed by atoms with Gasteiger partial charge in [0.25, 0.3) is 5.91 Å². The van der Waals surface area contributed by atoms with E-state index >= 15 is 0 Å². The van der Waals surface area contributed by atoms with Gasteiger partial charge in [0.05, 0.1) is 16.6 Å². The Morgan fingerprint density at radius 2 is 1.77 bits per heavy atom. The first kappa shape index (κ1) is 30.9. The number of nitrogens with zero attached hydrogens (tertiary/aromatic N) is 5. The lowest BCUT2D eigenvalue weighted by molar-refractivity contribution is -0.136. The molecule has 0 saturated carbocycles. The highest BCUT2D eigenvalue weighted by molar-refractivity contribution is 6.30. The Hall–Kier alpha value is -4.56. The number of piperidine rings is 1. The zero-order valence-electron chi connectivity index (χ0n) is 24.0. The van der Waals surface area contributed by atoms with Crippen LogP contribution < -0.4 is 4.74 Å². The number of halogens is 3. The second-order valence-electron chi connectivity index (χ2n) is 10.8. The summed E-state index contributed by atoms with van der Waals surface area (Å²) in [6, 6.07) is 14.0. The third-order valence-corrected chi connectivity index (χ3v) is 8.53. The molecule has 2 aliphatic heterocycles. The van der Waals surface area contributed by atoms with E-state index < -0.39 is 29.7 Å². The standard InChI is InChI=1S/C32H30ClF2N5O4/c1-2-40(32(43)44-25-8-5-23(34)6-9-25)29-19-39(18-26(29)21-4-10-27(33)28(35)15-21)30(41)20-11-13-38(14-12-20)31(42)22-3-7-24(16-36)37-17-22/h3-10,15,17,20,26,29H,2,11-14,18-19H2,1H3/t26-,29+/m0/s1. The van der Waals surface area contributed by atoms with Crippen LogP contribution in [0.5, 0.6) is 5.75 Å². The summed E-state index contributed by atoms with van der Waals surface area (Å²) in [5.41, 5.74) is 1.19. The lowest BCUT2D eigenvalue weighted by Crippen LogP contribution is -2.47. The van der Waals surface area contributed by atoms with Crippen molar-refractivity contribution in [2.24, 2.45) is 5.92 Å². The average Bonchev–Trinajstić information content (AvgIpc) is 3.48. The number of hydrogen-bond acceptors (Lipinski definition) is 6. The summed E-state index contributed by atoms with van der Waals surface area (Å²) in [5.74, 6) is -1.95. The van der Waals surface area contributed by atoms with Crippen LogP contribution >= 0.6 is 11.6 Å². The molecule has 0 N–H and O–H groups in total. The van der Waals surface area contributed by atoms with Gasteiger partial charge in [-0.2, -0.15) is 5.26 Å². The van der Waals surface area contributed by atoms with E-state index in [2.05, 4.69) is 4.98 Å². The third-order valence-electron chi connectivity index (χ3n) is 8.22. The molecule has 2 aromatic carbocycles. The lowest BCUT2D eigenvalue weighted by atomic mass is 9.93. The minimum atomic E-state index is -0.665. The SMILES string of the molecule is CCN(C(=O)Oc1ccc(F)cc1)[C@@H]1CN(C(=O)C2CCN(C(=O)c3ccc(C#N)nc3)CC2)C[C@H]1c1ccc(Cl)c(F)c1. The molecule has 12 heteroatoms. The van der Waals surface area contributed by atoms with Crippen molar-refractivity contribution < 1.29 is 27.9 Å². The Labute approximate surface area is 258 Å². The van der Waals surface area contributed by atoms with Gasteiger partial charge in [-0.05, 0) is 73.9 Å². The number of pyridine rings is 1. The quantitative estimate of drug-likeness (QED) is 0.372. The van der Waals surface area contributed by atoms with Gasteiger partial charge in [-0.1, -0.05) is 17.7 Å². The molecule has 5 rings (SSSR count). The van der Waals surface area contributed by atoms with E-state index in [0.29, 0.717) is 37.1 Å². The first-order valence-corrected chi connectivity index (χ1v) is 14.7. The molecule has 3 amide bonds. The minimum Gasteiger partial charge on any atom is -0.410 e. The summed E-state index contributed by atoms with van der Waals surface area (Å²) >= 11 is 5.94. The highest BCUT2D eigenvalue weighted by Crippen LogP contribution is 2.35. The number of rotatable bonds is 6. The van der Waals surface area contributed by atoms with E-state index in [1.807, 2.05) is 6.07 Å². The molecule has 2 atom stereocenters. The summed E-state index contributed by atoms with van der Waals surface area (Å²) < 4.78 is 33.4. The normalized spacial score (nSPS) is 18.5. The number of aromatic nitrogens is 1. The van der Waals surface area contributed by atoms with Gasteiger partial charge in [0.2, 0.25) is 5.91 Å². The van der Waals surface area contributed by atoms with Crippen LogP contribution in [0.25, 0.3) is 0 Å². The van der Waals surface area contributed by atoms with Crippen molar-refractivity contribution in [2.75, 3.05) is 32.7 Å². The lowest BCUT2D eigenvalue weighted by Gasteiger charge is -2.33. The van der Waals surface area contributed by atoms with Gasteiger partial charge < -0.3 is 19.4 Å². The van der Waals surface area contributed by atoms with Crippen molar-refractivity contribution in [2.45, 2.75) is 31.7 Å². The minimum absolute atomic E-state index is 0.0302. The van der Waals surface area contributed by atoms with Crippen LogP contribution in [0, 0.1) is 28.9 Å². The highest BCUT2D eigenvalue weighted by atomic mass is 35.5. The molecule has 3 aromatic rings. The van der Waals surface area contributed by atoms with Gasteiger partial charge in [-0.25, -0.2) is 18.6 Å². The van der Waals surface area contributed by atoms with Gasteiger partial charge in [0.1, 0.15) is 29.1 Å². The number of carbonyl (C=O) groups is 3. The van der Waals surface area contributed by atoms with Crippen molar-refractivity contribution >= 4 is 29.5 Å². The Kier molecular flexibility index (Phi) is 9.40. The first-order chi connectivity index (χ1) is 21.2. The molecular weight excluding hydrogens is 592 g/mol. The molecule has 0 unspecified atom stereocenters. The van der Waals surface area contributed by atoms with E-state index in [1.165, 1.54) is 53.6 Å². The number of likely N-dealkylation sites (N-methyl/N-ethyl adjacent to an activating group) is 1. The smallest absolute Gasteiger partial charge is 0.410 e. The number of amides is 3. The molecule has 44 heavy (non-hydrogen) atoms. The van der Waals surface area contributed by atoms with Crippen LogP contribution in [0.1, 0.15) is 47.3 Å². The Balaban J connectivity index is 1.30. The largest absolute Gasteiger partial charge is 0.415 e. The van der Waals surface area contributed by atoms with E-state index in [0.717, 1.165) is 0 Å². The molecule has 2 saturated heterocycles. The number of carbonyl (C=O) groups excluding carboxylic acids is 3. The number of likely N-dealkylation sites (tertiary alicyclic amines) is 2. The van der Waals surface area contributed by atoms with Crippen LogP contribution in [0.15, 0.2) is 60.8 Å². The van der Waals surface area contributed by atoms with Gasteiger partial charge >= 0.3 is 6.09 Å². The molecule has 2 aliphatic rings. The van der Waals surface area contributed by atoms with Crippen molar-refractivity contribution in [3.63, 3.8) is 0 Å². The Morgan fingerprint density at radius 1 is 1.05 bits per heavy atom. The first-order valence-electron chi connectivity index (χ1n) is 14.3. The van der Waals surface area contributed by atoms with Crippen molar-refractivity contribution in [1.82, 2.24) is 19.7 Å². The van der Waals surface area contributed by atoms with Gasteiger partial charge in [0, 0.05) is 50.8 Å². The molecule has 0 bridgehead atoms. The summed E-state index contributed by atoms with van der Waals surface area (Å²) in [6.45, 7) is 3.25. The highest BCUT2D eigenvalue weighted by Gasteiger charge is 2.43. The van der Waals surface area contributed by atoms with Crippen LogP contribution in [-0.4, -0.2) is 76.4 Å². The molecular formula is C32H30ClF2N5O4. The molecule has 9 nitrogen and oxygen atoms in total. The molecule has 0 radical (unpaired) electrons. The van der Waals surface area contributed by atoms with E-state index in [4.69, 9.17) is 21.6 Å². The van der Waals surface area contributed by atoms with Crippen molar-refractivity contribution in [3.05, 3.63) is 94.3 Å². The number of ether oxygens (including phenoxy) is 1. The fourth-order valence-electron chi connectivity index (χ4n) is 5.87. The number of benzene rings is 2. The Bertz CT molecular complexity index is 1570. The van der Waals surface area contributed by atoms with Crippen LogP contribution in [-0.2, 0) is 4.79 Å². The second-order valence-corrected chi connectivity index (χ2v) is 11.2. The molecule has 228 valence electrons. The zero-order chi connectivity index (χ0) is 31.4. The van der Waals surface area contributed by atoms with Crippen LogP contribution in [0.2, 0.25) is 5.02 Å². The molecule has 2 fully saturated rings.